The molecule has 2 amide bonds. The Morgan fingerprint density at radius 2 is 1.56 bits per heavy atom. The fourth-order valence-corrected chi connectivity index (χ4v) is 3.94. The average molecular weight is 446 g/mol. The van der Waals surface area contributed by atoms with Crippen LogP contribution in [0.4, 0.5) is 11.4 Å². The lowest BCUT2D eigenvalue weighted by atomic mass is 10.2. The van der Waals surface area contributed by atoms with Crippen LogP contribution in [0.2, 0.25) is 0 Å². The molecular weight excluding hydrogens is 422 g/mol. The van der Waals surface area contributed by atoms with Crippen LogP contribution in [0, 0.1) is 0 Å². The van der Waals surface area contributed by atoms with Gasteiger partial charge in [0.25, 0.3) is 11.8 Å². The van der Waals surface area contributed by atoms with Crippen molar-refractivity contribution in [2.75, 3.05) is 17.2 Å². The van der Waals surface area contributed by atoms with Gasteiger partial charge >= 0.3 is 0 Å². The van der Waals surface area contributed by atoms with E-state index in [2.05, 4.69) is 10.6 Å². The Morgan fingerprint density at radius 1 is 0.875 bits per heavy atom. The van der Waals surface area contributed by atoms with Crippen molar-refractivity contribution in [1.29, 1.82) is 0 Å². The molecule has 2 aromatic heterocycles. The normalized spacial score (nSPS) is 10.5. The Balaban J connectivity index is 1.37. The van der Waals surface area contributed by atoms with Crippen LogP contribution in [0.3, 0.4) is 0 Å². The zero-order valence-corrected chi connectivity index (χ0v) is 18.4. The number of hydrogen-bond donors (Lipinski definition) is 2. The molecule has 0 aliphatic rings. The molecule has 0 saturated carbocycles. The van der Waals surface area contributed by atoms with E-state index in [0.717, 1.165) is 5.75 Å². The number of anilines is 2. The van der Waals surface area contributed by atoms with Gasteiger partial charge in [0.2, 0.25) is 0 Å². The second kappa shape index (κ2) is 9.98. The van der Waals surface area contributed by atoms with Crippen LogP contribution in [-0.2, 0) is 6.54 Å². The SMILES string of the molecule is CCOc1ccc(NC(=O)c2ccc(NC(=O)c3cccn3Cc3cccs3)cc2)cc1. The molecule has 0 aliphatic heterocycles. The standard InChI is InChI=1S/C25H23N3O3S/c1-2-31-21-13-11-20(12-14-21)26-24(29)18-7-9-19(10-8-18)27-25(30)23-6-3-15-28(23)17-22-5-4-16-32-22/h3-16H,2,17H2,1H3,(H,26,29)(H,27,30). The molecule has 162 valence electrons. The number of hydrogen-bond acceptors (Lipinski definition) is 4. The minimum atomic E-state index is -0.225. The molecule has 0 unspecified atom stereocenters. The van der Waals surface area contributed by atoms with Gasteiger partial charge < -0.3 is 19.9 Å². The number of carbonyl (C=O) groups excluding carboxylic acids is 2. The van der Waals surface area contributed by atoms with Gasteiger partial charge in [0.15, 0.2) is 0 Å². The van der Waals surface area contributed by atoms with Gasteiger partial charge in [-0.1, -0.05) is 6.07 Å². The summed E-state index contributed by atoms with van der Waals surface area (Å²) in [6.07, 6.45) is 1.89. The van der Waals surface area contributed by atoms with Gasteiger partial charge in [0.1, 0.15) is 11.4 Å². The molecule has 0 radical (unpaired) electrons. The van der Waals surface area contributed by atoms with E-state index in [1.54, 1.807) is 53.8 Å². The van der Waals surface area contributed by atoms with Gasteiger partial charge in [-0.3, -0.25) is 9.59 Å². The van der Waals surface area contributed by atoms with Crippen LogP contribution in [-0.4, -0.2) is 23.0 Å². The summed E-state index contributed by atoms with van der Waals surface area (Å²) >= 11 is 1.66. The molecule has 4 rings (SSSR count). The number of nitrogens with one attached hydrogen (secondary N) is 2. The first-order valence-electron chi connectivity index (χ1n) is 10.3. The van der Waals surface area contributed by atoms with Crippen LogP contribution in [0.15, 0.2) is 84.4 Å². The molecule has 2 N–H and O–H groups in total. The Hall–Kier alpha value is -3.84. The Bertz CT molecular complexity index is 1180. The maximum atomic E-state index is 12.7. The van der Waals surface area contributed by atoms with E-state index in [-0.39, 0.29) is 11.8 Å². The zero-order valence-electron chi connectivity index (χ0n) is 17.6. The molecule has 0 saturated heterocycles. The lowest BCUT2D eigenvalue weighted by molar-refractivity contribution is 0.101. The van der Waals surface area contributed by atoms with Crippen molar-refractivity contribution in [3.63, 3.8) is 0 Å². The van der Waals surface area contributed by atoms with Crippen molar-refractivity contribution in [2.45, 2.75) is 13.5 Å². The predicted molar refractivity (Wildman–Crippen MR) is 128 cm³/mol. The molecule has 0 fully saturated rings. The third-order valence-corrected chi connectivity index (χ3v) is 5.66. The van der Waals surface area contributed by atoms with Gasteiger partial charge in [-0.25, -0.2) is 0 Å². The zero-order chi connectivity index (χ0) is 22.3. The van der Waals surface area contributed by atoms with Crippen molar-refractivity contribution >= 4 is 34.5 Å². The van der Waals surface area contributed by atoms with Crippen molar-refractivity contribution in [3.8, 4) is 5.75 Å². The van der Waals surface area contributed by atoms with Crippen molar-refractivity contribution in [1.82, 2.24) is 4.57 Å². The Morgan fingerprint density at radius 3 is 2.22 bits per heavy atom. The summed E-state index contributed by atoms with van der Waals surface area (Å²) in [6, 6.07) is 21.7. The summed E-state index contributed by atoms with van der Waals surface area (Å²) in [6.45, 7) is 3.16. The molecule has 2 aromatic carbocycles. The number of ether oxygens (including phenoxy) is 1. The van der Waals surface area contributed by atoms with Crippen LogP contribution >= 0.6 is 11.3 Å². The monoisotopic (exact) mass is 445 g/mol. The van der Waals surface area contributed by atoms with Gasteiger partial charge in [0.05, 0.1) is 13.2 Å². The minimum Gasteiger partial charge on any atom is -0.494 e. The molecule has 2 heterocycles. The van der Waals surface area contributed by atoms with Crippen molar-refractivity contribution < 1.29 is 14.3 Å². The summed E-state index contributed by atoms with van der Waals surface area (Å²) in [7, 11) is 0. The molecule has 7 heteroatoms. The number of rotatable bonds is 8. The lowest BCUT2D eigenvalue weighted by Gasteiger charge is -2.10. The largest absolute Gasteiger partial charge is 0.494 e. The van der Waals surface area contributed by atoms with E-state index in [4.69, 9.17) is 4.74 Å². The summed E-state index contributed by atoms with van der Waals surface area (Å²) in [5.74, 6) is 0.335. The fourth-order valence-electron chi connectivity index (χ4n) is 3.23. The van der Waals surface area contributed by atoms with E-state index in [0.29, 0.717) is 35.8 Å². The topological polar surface area (TPSA) is 72.4 Å². The van der Waals surface area contributed by atoms with Gasteiger partial charge in [-0.2, -0.15) is 0 Å². The van der Waals surface area contributed by atoms with Crippen LogP contribution in [0.25, 0.3) is 0 Å². The van der Waals surface area contributed by atoms with Crippen molar-refractivity contribution in [3.05, 3.63) is 101 Å². The second-order valence-corrected chi connectivity index (χ2v) is 8.08. The smallest absolute Gasteiger partial charge is 0.272 e. The molecular formula is C25H23N3O3S. The van der Waals surface area contributed by atoms with Gasteiger partial charge in [-0.05, 0) is 79.0 Å². The first-order valence-corrected chi connectivity index (χ1v) is 11.1. The van der Waals surface area contributed by atoms with Crippen molar-refractivity contribution in [2.24, 2.45) is 0 Å². The number of thiophene rings is 1. The Labute approximate surface area is 190 Å². The van der Waals surface area contributed by atoms with E-state index in [9.17, 15) is 9.59 Å². The molecule has 4 aromatic rings. The number of amides is 2. The number of carbonyl (C=O) groups is 2. The number of nitrogens with zero attached hydrogens (tertiary/aromatic N) is 1. The number of aromatic nitrogens is 1. The van der Waals surface area contributed by atoms with Crippen LogP contribution < -0.4 is 15.4 Å². The summed E-state index contributed by atoms with van der Waals surface area (Å²) in [5.41, 5.74) is 2.38. The summed E-state index contributed by atoms with van der Waals surface area (Å²) in [4.78, 5) is 26.4. The lowest BCUT2D eigenvalue weighted by Crippen LogP contribution is -2.17. The molecule has 32 heavy (non-hydrogen) atoms. The molecule has 0 spiro atoms. The third-order valence-electron chi connectivity index (χ3n) is 4.80. The third kappa shape index (κ3) is 5.25. The van der Waals surface area contributed by atoms with Gasteiger partial charge in [-0.15, -0.1) is 11.3 Å². The maximum absolute atomic E-state index is 12.7. The highest BCUT2D eigenvalue weighted by atomic mass is 32.1. The molecule has 6 nitrogen and oxygen atoms in total. The minimum absolute atomic E-state index is 0.196. The molecule has 0 atom stereocenters. The van der Waals surface area contributed by atoms with Gasteiger partial charge in [0, 0.05) is 28.0 Å². The molecule has 0 bridgehead atoms. The highest BCUT2D eigenvalue weighted by Crippen LogP contribution is 2.18. The highest BCUT2D eigenvalue weighted by molar-refractivity contribution is 7.09. The maximum Gasteiger partial charge on any atom is 0.272 e. The fraction of sp³-hybridized carbons (Fsp3) is 0.120. The van der Waals surface area contributed by atoms with E-state index in [1.165, 1.54) is 4.88 Å². The first-order chi connectivity index (χ1) is 15.6. The molecule has 0 aliphatic carbocycles. The summed E-state index contributed by atoms with van der Waals surface area (Å²) in [5, 5.41) is 7.77. The first kappa shape index (κ1) is 21.4. The summed E-state index contributed by atoms with van der Waals surface area (Å²) < 4.78 is 7.32. The van der Waals surface area contributed by atoms with E-state index < -0.39 is 0 Å². The second-order valence-electron chi connectivity index (χ2n) is 7.04. The van der Waals surface area contributed by atoms with Crippen LogP contribution in [0.1, 0.15) is 32.6 Å². The predicted octanol–water partition coefficient (Wildman–Crippen LogP) is 5.50. The Kier molecular flexibility index (Phi) is 6.67. The van der Waals surface area contributed by atoms with E-state index in [1.807, 2.05) is 53.4 Å². The van der Waals surface area contributed by atoms with E-state index >= 15 is 0 Å². The average Bonchev–Trinajstić information content (AvgIpc) is 3.48. The number of benzene rings is 2. The quantitative estimate of drug-likeness (QED) is 0.376. The highest BCUT2D eigenvalue weighted by Gasteiger charge is 2.13. The van der Waals surface area contributed by atoms with Crippen LogP contribution in [0.5, 0.6) is 5.75 Å².